The molecule has 0 saturated heterocycles. The molecule has 0 aliphatic carbocycles. The first-order chi connectivity index (χ1) is 6.02. The lowest BCUT2D eigenvalue weighted by Crippen LogP contribution is -2.22. The Balaban J connectivity index is 2.78. The van der Waals surface area contributed by atoms with Gasteiger partial charge in [-0.05, 0) is 22.0 Å². The Morgan fingerprint density at radius 1 is 1.69 bits per heavy atom. The molecule has 0 aliphatic heterocycles. The van der Waals surface area contributed by atoms with Crippen LogP contribution in [0.5, 0.6) is 0 Å². The first-order valence-corrected chi connectivity index (χ1v) is 4.98. The van der Waals surface area contributed by atoms with Crippen LogP contribution >= 0.6 is 27.3 Å². The van der Waals surface area contributed by atoms with Gasteiger partial charge in [-0.25, -0.2) is 9.18 Å². The van der Waals surface area contributed by atoms with E-state index in [2.05, 4.69) is 15.9 Å². The largest absolute Gasteiger partial charge is 0.479 e. The average Bonchev–Trinajstić information content (AvgIpc) is 2.49. The van der Waals surface area contributed by atoms with E-state index in [9.17, 15) is 14.3 Å². The summed E-state index contributed by atoms with van der Waals surface area (Å²) in [7, 11) is 0. The molecule has 2 unspecified atom stereocenters. The van der Waals surface area contributed by atoms with Gasteiger partial charge in [0.05, 0.1) is 0 Å². The highest BCUT2D eigenvalue weighted by molar-refractivity contribution is 9.10. The van der Waals surface area contributed by atoms with Crippen molar-refractivity contribution < 1.29 is 19.4 Å². The van der Waals surface area contributed by atoms with E-state index in [1.807, 2.05) is 0 Å². The van der Waals surface area contributed by atoms with Gasteiger partial charge in [0.2, 0.25) is 6.17 Å². The van der Waals surface area contributed by atoms with Gasteiger partial charge in [0, 0.05) is 14.7 Å². The van der Waals surface area contributed by atoms with E-state index >= 15 is 0 Å². The molecule has 0 bridgehead atoms. The van der Waals surface area contributed by atoms with E-state index < -0.39 is 18.2 Å². The van der Waals surface area contributed by atoms with Crippen molar-refractivity contribution in [1.82, 2.24) is 0 Å². The zero-order chi connectivity index (χ0) is 10.0. The van der Waals surface area contributed by atoms with Crippen molar-refractivity contribution in [2.24, 2.45) is 0 Å². The third kappa shape index (κ3) is 2.49. The fourth-order valence-corrected chi connectivity index (χ4v) is 2.21. The summed E-state index contributed by atoms with van der Waals surface area (Å²) in [5.74, 6) is -1.66. The summed E-state index contributed by atoms with van der Waals surface area (Å²) in [5, 5.41) is 19.1. The van der Waals surface area contributed by atoms with Crippen LogP contribution in [0.3, 0.4) is 0 Å². The summed E-state index contributed by atoms with van der Waals surface area (Å²) in [6.07, 6.45) is -3.86. The molecule has 1 heterocycles. The predicted molar refractivity (Wildman–Crippen MR) is 49.5 cm³/mol. The second-order valence-electron chi connectivity index (χ2n) is 2.35. The number of hydrogen-bond donors (Lipinski definition) is 2. The van der Waals surface area contributed by atoms with Gasteiger partial charge in [-0.2, -0.15) is 0 Å². The van der Waals surface area contributed by atoms with Crippen LogP contribution in [0.4, 0.5) is 4.39 Å². The topological polar surface area (TPSA) is 57.5 Å². The average molecular weight is 269 g/mol. The van der Waals surface area contributed by atoms with E-state index in [-0.39, 0.29) is 0 Å². The Kier molecular flexibility index (Phi) is 3.40. The summed E-state index contributed by atoms with van der Waals surface area (Å²) in [5.41, 5.74) is 0. The molecule has 72 valence electrons. The van der Waals surface area contributed by atoms with Crippen molar-refractivity contribution in [1.29, 1.82) is 0 Å². The third-order valence-corrected chi connectivity index (χ3v) is 3.16. The fourth-order valence-electron chi connectivity index (χ4n) is 0.763. The first kappa shape index (κ1) is 10.6. The molecule has 0 saturated carbocycles. The van der Waals surface area contributed by atoms with Crippen LogP contribution < -0.4 is 0 Å². The molecule has 1 aromatic heterocycles. The number of halogens is 2. The lowest BCUT2D eigenvalue weighted by atomic mass is 10.2. The normalized spacial score (nSPS) is 15.3. The predicted octanol–water partition coefficient (Wildman–Crippen LogP) is 1.97. The second-order valence-corrected chi connectivity index (χ2v) is 4.21. The van der Waals surface area contributed by atoms with Crippen LogP contribution in [-0.2, 0) is 4.79 Å². The number of carboxylic acid groups (broad SMARTS) is 1. The summed E-state index contributed by atoms with van der Waals surface area (Å²) in [4.78, 5) is 10.5. The van der Waals surface area contributed by atoms with Crippen LogP contribution in [0, 0.1) is 0 Å². The Bertz CT molecular complexity index is 314. The van der Waals surface area contributed by atoms with Crippen LogP contribution in [0.1, 0.15) is 11.0 Å². The number of aliphatic hydroxyl groups is 1. The van der Waals surface area contributed by atoms with Crippen molar-refractivity contribution in [3.8, 4) is 0 Å². The van der Waals surface area contributed by atoms with Gasteiger partial charge in [0.15, 0.2) is 0 Å². The standard InChI is InChI=1S/C7H6BrFO3S/c8-3-1-4(13-2-3)6(10)5(9)7(11)12/h1-2,5-6,10H,(H,11,12). The van der Waals surface area contributed by atoms with Crippen molar-refractivity contribution >= 4 is 33.2 Å². The number of hydrogen-bond acceptors (Lipinski definition) is 3. The quantitative estimate of drug-likeness (QED) is 0.881. The zero-order valence-electron chi connectivity index (χ0n) is 6.28. The monoisotopic (exact) mass is 268 g/mol. The Labute approximate surface area is 85.9 Å². The third-order valence-electron chi connectivity index (χ3n) is 1.39. The van der Waals surface area contributed by atoms with Crippen molar-refractivity contribution in [2.75, 3.05) is 0 Å². The maximum atomic E-state index is 12.8. The molecule has 2 atom stereocenters. The Morgan fingerprint density at radius 2 is 2.31 bits per heavy atom. The molecule has 0 aromatic carbocycles. The van der Waals surface area contributed by atoms with E-state index in [0.29, 0.717) is 9.35 Å². The summed E-state index contributed by atoms with van der Waals surface area (Å²) in [6.45, 7) is 0. The lowest BCUT2D eigenvalue weighted by Gasteiger charge is -2.08. The molecular weight excluding hydrogens is 263 g/mol. The van der Waals surface area contributed by atoms with E-state index in [1.165, 1.54) is 6.07 Å². The molecule has 3 nitrogen and oxygen atoms in total. The Morgan fingerprint density at radius 3 is 2.69 bits per heavy atom. The maximum absolute atomic E-state index is 12.8. The number of carboxylic acids is 1. The number of carbonyl (C=O) groups is 1. The van der Waals surface area contributed by atoms with E-state index in [1.54, 1.807) is 5.38 Å². The number of alkyl halides is 1. The van der Waals surface area contributed by atoms with Gasteiger partial charge in [0.1, 0.15) is 6.10 Å². The van der Waals surface area contributed by atoms with Crippen LogP contribution in [0.2, 0.25) is 0 Å². The van der Waals surface area contributed by atoms with Crippen molar-refractivity contribution in [3.63, 3.8) is 0 Å². The molecule has 0 aliphatic rings. The first-order valence-electron chi connectivity index (χ1n) is 3.31. The molecule has 2 N–H and O–H groups in total. The van der Waals surface area contributed by atoms with Gasteiger partial charge in [-0.15, -0.1) is 11.3 Å². The van der Waals surface area contributed by atoms with Gasteiger partial charge in [0.25, 0.3) is 0 Å². The second kappa shape index (κ2) is 4.17. The minimum atomic E-state index is -2.27. The number of thiophene rings is 1. The van der Waals surface area contributed by atoms with Gasteiger partial charge >= 0.3 is 5.97 Å². The summed E-state index contributed by atoms with van der Waals surface area (Å²) < 4.78 is 13.5. The molecule has 1 rings (SSSR count). The smallest absolute Gasteiger partial charge is 0.341 e. The van der Waals surface area contributed by atoms with Crippen LogP contribution in [-0.4, -0.2) is 22.4 Å². The fraction of sp³-hybridized carbons (Fsp3) is 0.286. The molecule has 0 radical (unpaired) electrons. The highest BCUT2D eigenvalue weighted by Crippen LogP contribution is 2.28. The molecule has 1 aromatic rings. The van der Waals surface area contributed by atoms with Crippen molar-refractivity contribution in [3.05, 3.63) is 20.8 Å². The molecule has 0 amide bonds. The highest BCUT2D eigenvalue weighted by atomic mass is 79.9. The minimum absolute atomic E-state index is 0.293. The van der Waals surface area contributed by atoms with Gasteiger partial charge < -0.3 is 10.2 Å². The minimum Gasteiger partial charge on any atom is -0.479 e. The SMILES string of the molecule is O=C(O)C(F)C(O)c1cc(Br)cs1. The number of aliphatic carboxylic acids is 1. The molecule has 13 heavy (non-hydrogen) atoms. The van der Waals surface area contributed by atoms with Crippen molar-refractivity contribution in [2.45, 2.75) is 12.3 Å². The lowest BCUT2D eigenvalue weighted by molar-refractivity contribution is -0.147. The maximum Gasteiger partial charge on any atom is 0.341 e. The summed E-state index contributed by atoms with van der Waals surface area (Å²) in [6, 6.07) is 1.49. The van der Waals surface area contributed by atoms with Gasteiger partial charge in [-0.1, -0.05) is 0 Å². The molecule has 0 fully saturated rings. The van der Waals surface area contributed by atoms with Crippen LogP contribution in [0.15, 0.2) is 15.9 Å². The zero-order valence-corrected chi connectivity index (χ0v) is 8.68. The van der Waals surface area contributed by atoms with Crippen LogP contribution in [0.25, 0.3) is 0 Å². The Hall–Kier alpha value is -0.460. The number of aliphatic hydroxyl groups excluding tert-OH is 1. The molecular formula is C7H6BrFO3S. The van der Waals surface area contributed by atoms with E-state index in [0.717, 1.165) is 11.3 Å². The number of rotatable bonds is 3. The molecule has 0 spiro atoms. The summed E-state index contributed by atoms with van der Waals surface area (Å²) >= 11 is 4.22. The van der Waals surface area contributed by atoms with E-state index in [4.69, 9.17) is 5.11 Å². The molecule has 6 heteroatoms. The highest BCUT2D eigenvalue weighted by Gasteiger charge is 2.28. The van der Waals surface area contributed by atoms with Gasteiger partial charge in [-0.3, -0.25) is 0 Å².